The first-order chi connectivity index (χ1) is 7.31. The molecule has 0 radical (unpaired) electrons. The van der Waals surface area contributed by atoms with Crippen molar-refractivity contribution in [2.75, 3.05) is 6.61 Å². The Morgan fingerprint density at radius 2 is 1.62 bits per heavy atom. The zero-order valence-electron chi connectivity index (χ0n) is 9.36. The van der Waals surface area contributed by atoms with E-state index in [4.69, 9.17) is 10.2 Å². The molecule has 0 aliphatic rings. The first-order valence-corrected chi connectivity index (χ1v) is 4.52. The van der Waals surface area contributed by atoms with Crippen LogP contribution in [0.15, 0.2) is 12.2 Å². The molecule has 0 aromatic carbocycles. The Balaban J connectivity index is 0. The van der Waals surface area contributed by atoms with Crippen molar-refractivity contribution < 1.29 is 29.3 Å². The summed E-state index contributed by atoms with van der Waals surface area (Å²) in [5, 5.41) is 16.5. The third-order valence-corrected chi connectivity index (χ3v) is 1.23. The lowest BCUT2D eigenvalue weighted by Crippen LogP contribution is -2.03. The van der Waals surface area contributed by atoms with Gasteiger partial charge in [-0.05, 0) is 12.8 Å². The molecule has 0 rings (SSSR count). The number of rotatable bonds is 4. The first-order valence-electron chi connectivity index (χ1n) is 4.52. The Labute approximate surface area is 93.5 Å². The van der Waals surface area contributed by atoms with Gasteiger partial charge in [0.05, 0.1) is 0 Å². The number of esters is 2. The smallest absolute Gasteiger partial charge is 0.330 e. The van der Waals surface area contributed by atoms with Gasteiger partial charge in [0.2, 0.25) is 0 Å². The lowest BCUT2D eigenvalue weighted by atomic mass is 10.2. The molecule has 92 valence electrons. The second-order valence-electron chi connectivity index (χ2n) is 2.82. The standard InChI is InChI=1S/C6H10O3.C4H6O3/c1-5(6(8)9)3-2-4-7;1-3(5)7-4(2)6/h7H,1-4H2,(H,8,9);1-2H3. The highest BCUT2D eigenvalue weighted by Crippen LogP contribution is 2.00. The number of aliphatic carboxylic acids is 1. The van der Waals surface area contributed by atoms with Gasteiger partial charge in [0.25, 0.3) is 0 Å². The van der Waals surface area contributed by atoms with Crippen molar-refractivity contribution in [2.45, 2.75) is 26.7 Å². The van der Waals surface area contributed by atoms with Crippen molar-refractivity contribution in [3.05, 3.63) is 12.2 Å². The average Bonchev–Trinajstić information content (AvgIpc) is 2.12. The topological polar surface area (TPSA) is 101 Å². The molecule has 0 aromatic heterocycles. The number of aliphatic hydroxyl groups excluding tert-OH is 1. The summed E-state index contributed by atoms with van der Waals surface area (Å²) in [6, 6.07) is 0. The number of aliphatic hydroxyl groups is 1. The van der Waals surface area contributed by atoms with E-state index >= 15 is 0 Å². The number of carbonyl (C=O) groups is 3. The summed E-state index contributed by atoms with van der Waals surface area (Å²) in [5.41, 5.74) is 0.157. The lowest BCUT2D eigenvalue weighted by Gasteiger charge is -1.94. The minimum Gasteiger partial charge on any atom is -0.478 e. The van der Waals surface area contributed by atoms with Crippen LogP contribution < -0.4 is 0 Å². The van der Waals surface area contributed by atoms with Crippen LogP contribution in [-0.2, 0) is 19.1 Å². The molecule has 0 saturated carbocycles. The number of ether oxygens (including phenoxy) is 1. The normalized spacial score (nSPS) is 8.44. The summed E-state index contributed by atoms with van der Waals surface area (Å²) in [4.78, 5) is 29.6. The molecule has 6 heteroatoms. The van der Waals surface area contributed by atoms with Crippen LogP contribution in [0.1, 0.15) is 26.7 Å². The molecule has 0 amide bonds. The van der Waals surface area contributed by atoms with Crippen molar-refractivity contribution >= 4 is 17.9 Å². The summed E-state index contributed by atoms with van der Waals surface area (Å²) in [6.45, 7) is 5.67. The monoisotopic (exact) mass is 232 g/mol. The number of hydrogen-bond acceptors (Lipinski definition) is 5. The predicted molar refractivity (Wildman–Crippen MR) is 55.5 cm³/mol. The Bertz CT molecular complexity index is 256. The molecule has 0 aromatic rings. The summed E-state index contributed by atoms with van der Waals surface area (Å²) in [6.07, 6.45) is 0.844. The Morgan fingerprint density at radius 1 is 1.19 bits per heavy atom. The van der Waals surface area contributed by atoms with Gasteiger partial charge in [0.1, 0.15) is 0 Å². The molecule has 0 unspecified atom stereocenters. The van der Waals surface area contributed by atoms with Gasteiger partial charge in [-0.1, -0.05) is 6.58 Å². The zero-order valence-corrected chi connectivity index (χ0v) is 9.36. The van der Waals surface area contributed by atoms with Crippen molar-refractivity contribution in [3.63, 3.8) is 0 Å². The van der Waals surface area contributed by atoms with Crippen LogP contribution in [0.4, 0.5) is 0 Å². The second-order valence-corrected chi connectivity index (χ2v) is 2.82. The maximum Gasteiger partial charge on any atom is 0.330 e. The summed E-state index contributed by atoms with van der Waals surface area (Å²) in [7, 11) is 0. The quantitative estimate of drug-likeness (QED) is 0.415. The van der Waals surface area contributed by atoms with Crippen molar-refractivity contribution in [2.24, 2.45) is 0 Å². The molecule has 0 fully saturated rings. The molecule has 0 heterocycles. The molecule has 0 spiro atoms. The van der Waals surface area contributed by atoms with Gasteiger partial charge in [0, 0.05) is 26.0 Å². The number of carboxylic acids is 1. The Hall–Kier alpha value is -1.69. The lowest BCUT2D eigenvalue weighted by molar-refractivity contribution is -0.156. The van der Waals surface area contributed by atoms with Crippen molar-refractivity contribution in [1.29, 1.82) is 0 Å². The first kappa shape index (κ1) is 16.7. The Kier molecular flexibility index (Phi) is 10.3. The van der Waals surface area contributed by atoms with Gasteiger partial charge in [-0.25, -0.2) is 4.79 Å². The van der Waals surface area contributed by atoms with E-state index in [1.54, 1.807) is 0 Å². The van der Waals surface area contributed by atoms with E-state index < -0.39 is 17.9 Å². The summed E-state index contributed by atoms with van der Waals surface area (Å²) < 4.78 is 3.97. The van der Waals surface area contributed by atoms with E-state index in [0.717, 1.165) is 0 Å². The summed E-state index contributed by atoms with van der Waals surface area (Å²) >= 11 is 0. The SMILES string of the molecule is C=C(CCCO)C(=O)O.CC(=O)OC(C)=O. The fourth-order valence-electron chi connectivity index (χ4n) is 0.602. The highest BCUT2D eigenvalue weighted by atomic mass is 16.6. The van der Waals surface area contributed by atoms with Crippen LogP contribution in [0.2, 0.25) is 0 Å². The zero-order chi connectivity index (χ0) is 13.1. The van der Waals surface area contributed by atoms with Gasteiger partial charge in [-0.15, -0.1) is 0 Å². The number of carboxylic acid groups (broad SMARTS) is 1. The molecule has 0 atom stereocenters. The van der Waals surface area contributed by atoms with E-state index in [0.29, 0.717) is 12.8 Å². The van der Waals surface area contributed by atoms with Gasteiger partial charge >= 0.3 is 17.9 Å². The van der Waals surface area contributed by atoms with Crippen LogP contribution in [-0.4, -0.2) is 34.7 Å². The van der Waals surface area contributed by atoms with E-state index in [-0.39, 0.29) is 12.2 Å². The molecular weight excluding hydrogens is 216 g/mol. The highest BCUT2D eigenvalue weighted by Gasteiger charge is 2.00. The van der Waals surface area contributed by atoms with Crippen molar-refractivity contribution in [1.82, 2.24) is 0 Å². The van der Waals surface area contributed by atoms with E-state index in [1.165, 1.54) is 13.8 Å². The second kappa shape index (κ2) is 9.85. The van der Waals surface area contributed by atoms with E-state index in [2.05, 4.69) is 11.3 Å². The highest BCUT2D eigenvalue weighted by molar-refractivity contribution is 5.85. The molecule has 0 saturated heterocycles. The fourth-order valence-corrected chi connectivity index (χ4v) is 0.602. The van der Waals surface area contributed by atoms with Crippen LogP contribution in [0, 0.1) is 0 Å². The average molecular weight is 232 g/mol. The summed E-state index contributed by atoms with van der Waals surface area (Å²) in [5.74, 6) is -2.11. The maximum absolute atomic E-state index is 10.0. The molecule has 0 aliphatic heterocycles. The van der Waals surface area contributed by atoms with Crippen molar-refractivity contribution in [3.8, 4) is 0 Å². The van der Waals surface area contributed by atoms with Gasteiger partial charge in [0.15, 0.2) is 0 Å². The molecular formula is C10H16O6. The molecule has 6 nitrogen and oxygen atoms in total. The van der Waals surface area contributed by atoms with Crippen LogP contribution in [0.3, 0.4) is 0 Å². The third-order valence-electron chi connectivity index (χ3n) is 1.23. The Morgan fingerprint density at radius 3 is 1.81 bits per heavy atom. The molecule has 16 heavy (non-hydrogen) atoms. The molecule has 0 aliphatic carbocycles. The molecule has 0 bridgehead atoms. The van der Waals surface area contributed by atoms with Crippen LogP contribution >= 0.6 is 0 Å². The van der Waals surface area contributed by atoms with E-state index in [1.807, 2.05) is 0 Å². The van der Waals surface area contributed by atoms with Gasteiger partial charge in [-0.3, -0.25) is 9.59 Å². The largest absolute Gasteiger partial charge is 0.478 e. The maximum atomic E-state index is 10.0. The van der Waals surface area contributed by atoms with Gasteiger partial charge in [-0.2, -0.15) is 0 Å². The minimum absolute atomic E-state index is 0.0201. The minimum atomic E-state index is -0.983. The number of carbonyl (C=O) groups excluding carboxylic acids is 2. The molecule has 2 N–H and O–H groups in total. The van der Waals surface area contributed by atoms with Crippen LogP contribution in [0.5, 0.6) is 0 Å². The third kappa shape index (κ3) is 14.8. The van der Waals surface area contributed by atoms with Gasteiger partial charge < -0.3 is 14.9 Å². The number of hydrogen-bond donors (Lipinski definition) is 2. The van der Waals surface area contributed by atoms with E-state index in [9.17, 15) is 14.4 Å². The van der Waals surface area contributed by atoms with Crippen LogP contribution in [0.25, 0.3) is 0 Å². The predicted octanol–water partition coefficient (Wildman–Crippen LogP) is 0.496. The fraction of sp³-hybridized carbons (Fsp3) is 0.500.